The van der Waals surface area contributed by atoms with Crippen molar-refractivity contribution in [3.63, 3.8) is 0 Å². The van der Waals surface area contributed by atoms with E-state index in [9.17, 15) is 23.3 Å². The molecule has 128 valence electrons. The van der Waals surface area contributed by atoms with E-state index >= 15 is 0 Å². The number of allylic oxidation sites excluding steroid dienone is 1. The molecule has 1 rings (SSSR count). The van der Waals surface area contributed by atoms with Gasteiger partial charge in [0.15, 0.2) is 0 Å². The number of nitro groups is 1. The Bertz CT molecular complexity index is 658. The lowest BCUT2D eigenvalue weighted by Crippen LogP contribution is -2.45. The molecule has 1 aliphatic carbocycles. The highest BCUT2D eigenvalue weighted by Gasteiger charge is 2.26. The van der Waals surface area contributed by atoms with Crippen LogP contribution in [-0.2, 0) is 15.1 Å². The summed E-state index contributed by atoms with van der Waals surface area (Å²) < 4.78 is 22.6. The Morgan fingerprint density at radius 3 is 2.57 bits per heavy atom. The molecule has 1 unspecified atom stereocenters. The van der Waals surface area contributed by atoms with Gasteiger partial charge in [-0.2, -0.15) is 8.42 Å². The SMILES string of the molecule is CN(C)CCNC(=O)CN(C)C1C=CC([N+](=O)[O-])=CC1=S(=O)=O. The van der Waals surface area contributed by atoms with Gasteiger partial charge in [0, 0.05) is 25.2 Å². The third kappa shape index (κ3) is 5.93. The Morgan fingerprint density at radius 1 is 1.39 bits per heavy atom. The first-order valence-corrected chi connectivity index (χ1v) is 7.92. The van der Waals surface area contributed by atoms with Gasteiger partial charge in [-0.05, 0) is 21.1 Å². The lowest BCUT2D eigenvalue weighted by Gasteiger charge is -2.25. The van der Waals surface area contributed by atoms with E-state index in [1.807, 2.05) is 19.0 Å². The van der Waals surface area contributed by atoms with E-state index in [1.54, 1.807) is 7.05 Å². The topological polar surface area (TPSA) is 113 Å². The second-order valence-electron chi connectivity index (χ2n) is 5.34. The number of likely N-dealkylation sites (N-methyl/N-ethyl adjacent to an activating group) is 2. The van der Waals surface area contributed by atoms with Gasteiger partial charge >= 0.3 is 0 Å². The molecule has 0 aliphatic heterocycles. The van der Waals surface area contributed by atoms with Gasteiger partial charge in [-0.1, -0.05) is 6.08 Å². The molecule has 1 aliphatic rings. The summed E-state index contributed by atoms with van der Waals surface area (Å²) in [4.78, 5) is 25.2. The molecule has 1 amide bonds. The minimum absolute atomic E-state index is 0.0230. The molecule has 0 fully saturated rings. The molecule has 0 saturated carbocycles. The average Bonchev–Trinajstić information content (AvgIpc) is 2.45. The molecule has 0 aromatic carbocycles. The van der Waals surface area contributed by atoms with Crippen molar-refractivity contribution in [2.75, 3.05) is 40.8 Å². The first kappa shape index (κ1) is 19.0. The number of nitrogens with one attached hydrogen (secondary N) is 1. The monoisotopic (exact) mass is 344 g/mol. The summed E-state index contributed by atoms with van der Waals surface area (Å²) >= 11 is 0. The maximum absolute atomic E-state index is 11.8. The second kappa shape index (κ2) is 8.56. The van der Waals surface area contributed by atoms with E-state index in [0.29, 0.717) is 13.1 Å². The number of rotatable bonds is 7. The summed E-state index contributed by atoms with van der Waals surface area (Å²) in [6.07, 6.45) is 3.64. The fourth-order valence-corrected chi connectivity index (χ4v) is 2.66. The lowest BCUT2D eigenvalue weighted by molar-refractivity contribution is -0.418. The van der Waals surface area contributed by atoms with Crippen LogP contribution in [0.3, 0.4) is 0 Å². The van der Waals surface area contributed by atoms with Gasteiger partial charge < -0.3 is 10.2 Å². The van der Waals surface area contributed by atoms with Crippen LogP contribution in [0.25, 0.3) is 0 Å². The Kier molecular flexibility index (Phi) is 7.07. The van der Waals surface area contributed by atoms with Crippen molar-refractivity contribution in [2.45, 2.75) is 6.04 Å². The third-order valence-electron chi connectivity index (χ3n) is 3.18. The predicted molar refractivity (Wildman–Crippen MR) is 86.1 cm³/mol. The fourth-order valence-electron chi connectivity index (χ4n) is 1.99. The molecular formula is C13H20N4O5S. The first-order valence-electron chi connectivity index (χ1n) is 6.84. The summed E-state index contributed by atoms with van der Waals surface area (Å²) in [6.45, 7) is 1.15. The molecule has 1 atom stereocenters. The zero-order valence-corrected chi connectivity index (χ0v) is 14.0. The van der Waals surface area contributed by atoms with Crippen LogP contribution in [0.4, 0.5) is 0 Å². The zero-order chi connectivity index (χ0) is 17.6. The number of amides is 1. The van der Waals surface area contributed by atoms with Crippen LogP contribution in [0, 0.1) is 10.1 Å². The molecule has 0 aromatic rings. The molecular weight excluding hydrogens is 324 g/mol. The number of nitrogens with zero attached hydrogens (tertiary/aromatic N) is 3. The minimum Gasteiger partial charge on any atom is -0.354 e. The van der Waals surface area contributed by atoms with Crippen LogP contribution in [0.5, 0.6) is 0 Å². The molecule has 0 radical (unpaired) electrons. The van der Waals surface area contributed by atoms with Crippen molar-refractivity contribution in [1.82, 2.24) is 15.1 Å². The molecule has 10 heteroatoms. The molecule has 9 nitrogen and oxygen atoms in total. The highest BCUT2D eigenvalue weighted by atomic mass is 32.2. The summed E-state index contributed by atoms with van der Waals surface area (Å²) in [5, 5.41) is 13.5. The van der Waals surface area contributed by atoms with E-state index in [2.05, 4.69) is 5.32 Å². The van der Waals surface area contributed by atoms with Crippen molar-refractivity contribution < 1.29 is 18.1 Å². The van der Waals surface area contributed by atoms with Gasteiger partial charge in [0.05, 0.1) is 22.4 Å². The van der Waals surface area contributed by atoms with E-state index < -0.39 is 21.3 Å². The normalized spacial score (nSPS) is 17.3. The average molecular weight is 344 g/mol. The molecule has 23 heavy (non-hydrogen) atoms. The summed E-state index contributed by atoms with van der Waals surface area (Å²) in [6, 6.07) is -0.711. The Hall–Kier alpha value is -2.04. The van der Waals surface area contributed by atoms with Crippen LogP contribution in [-0.4, -0.2) is 80.7 Å². The van der Waals surface area contributed by atoms with Gasteiger partial charge in [-0.15, -0.1) is 0 Å². The van der Waals surface area contributed by atoms with Gasteiger partial charge in [0.2, 0.25) is 16.2 Å². The maximum Gasteiger partial charge on any atom is 0.270 e. The first-order chi connectivity index (χ1) is 10.7. The van der Waals surface area contributed by atoms with Crippen molar-refractivity contribution in [2.24, 2.45) is 0 Å². The fraction of sp³-hybridized carbons (Fsp3) is 0.538. The van der Waals surface area contributed by atoms with Gasteiger partial charge in [0.1, 0.15) is 0 Å². The van der Waals surface area contributed by atoms with Crippen molar-refractivity contribution in [1.29, 1.82) is 0 Å². The number of carbonyl (C=O) groups is 1. The van der Waals surface area contributed by atoms with Crippen molar-refractivity contribution in [3.05, 3.63) is 34.0 Å². The van der Waals surface area contributed by atoms with Crippen LogP contribution in [0.15, 0.2) is 23.9 Å². The zero-order valence-electron chi connectivity index (χ0n) is 13.2. The van der Waals surface area contributed by atoms with Crippen molar-refractivity contribution in [3.8, 4) is 0 Å². The smallest absolute Gasteiger partial charge is 0.270 e. The quantitative estimate of drug-likeness (QED) is 0.349. The largest absolute Gasteiger partial charge is 0.354 e. The lowest BCUT2D eigenvalue weighted by atomic mass is 10.1. The van der Waals surface area contributed by atoms with Crippen LogP contribution in [0.1, 0.15) is 0 Å². The van der Waals surface area contributed by atoms with E-state index in [0.717, 1.165) is 6.08 Å². The molecule has 0 aromatic heterocycles. The Morgan fingerprint density at radius 2 is 2.04 bits per heavy atom. The van der Waals surface area contributed by atoms with E-state index in [1.165, 1.54) is 17.1 Å². The minimum atomic E-state index is -2.61. The highest BCUT2D eigenvalue weighted by molar-refractivity contribution is 7.73. The van der Waals surface area contributed by atoms with E-state index in [4.69, 9.17) is 0 Å². The highest BCUT2D eigenvalue weighted by Crippen LogP contribution is 2.13. The molecule has 0 bridgehead atoms. The van der Waals surface area contributed by atoms with Crippen LogP contribution < -0.4 is 5.32 Å². The summed E-state index contributed by atoms with van der Waals surface area (Å²) in [7, 11) is 2.74. The molecule has 0 saturated heterocycles. The number of carbonyl (C=O) groups excluding carboxylic acids is 1. The molecule has 0 spiro atoms. The standard InChI is InChI=1S/C13H20N4O5S/c1-15(2)7-6-14-13(18)9-16(3)11-5-4-10(17(19)20)8-12(11)23(21)22/h4-5,8,11H,6-7,9H2,1-3H3,(H,14,18). The molecule has 1 N–H and O–H groups in total. The Labute approximate surface area is 135 Å². The third-order valence-corrected chi connectivity index (χ3v) is 3.93. The Balaban J connectivity index is 2.75. The summed E-state index contributed by atoms with van der Waals surface area (Å²) in [5.74, 6) is -0.247. The van der Waals surface area contributed by atoms with Gasteiger partial charge in [0.25, 0.3) is 5.70 Å². The predicted octanol–water partition coefficient (Wildman–Crippen LogP) is -1.25. The van der Waals surface area contributed by atoms with E-state index in [-0.39, 0.29) is 23.0 Å². The van der Waals surface area contributed by atoms with Crippen LogP contribution >= 0.6 is 0 Å². The van der Waals surface area contributed by atoms with Crippen LogP contribution in [0.2, 0.25) is 0 Å². The second-order valence-corrected chi connectivity index (χ2v) is 6.28. The van der Waals surface area contributed by atoms with Crippen molar-refractivity contribution >= 4 is 21.1 Å². The summed E-state index contributed by atoms with van der Waals surface area (Å²) in [5.41, 5.74) is -0.302. The molecule has 0 heterocycles. The number of hydrogen-bond donors (Lipinski definition) is 1. The van der Waals surface area contributed by atoms with Gasteiger partial charge in [-0.25, -0.2) is 0 Å². The van der Waals surface area contributed by atoms with Gasteiger partial charge in [-0.3, -0.25) is 19.8 Å². The number of hydrogen-bond acceptors (Lipinski definition) is 7. The maximum atomic E-state index is 11.8.